The fourth-order valence-corrected chi connectivity index (χ4v) is 3.53. The minimum absolute atomic E-state index is 0.269. The average molecular weight is 394 g/mol. The molecule has 0 fully saturated rings. The van der Waals surface area contributed by atoms with Crippen molar-refractivity contribution in [1.29, 1.82) is 0 Å². The van der Waals surface area contributed by atoms with Gasteiger partial charge >= 0.3 is 0 Å². The molecular weight excluding hydrogens is 379 g/mol. The summed E-state index contributed by atoms with van der Waals surface area (Å²) in [4.78, 5) is 25.9. The average Bonchev–Trinajstić information content (AvgIpc) is 3.26. The van der Waals surface area contributed by atoms with E-state index in [0.717, 1.165) is 5.56 Å². The van der Waals surface area contributed by atoms with E-state index < -0.39 is 0 Å². The highest BCUT2D eigenvalue weighted by Gasteiger charge is 2.17. The summed E-state index contributed by atoms with van der Waals surface area (Å²) in [6.45, 7) is 1.95. The van der Waals surface area contributed by atoms with Gasteiger partial charge in [0.1, 0.15) is 16.5 Å². The van der Waals surface area contributed by atoms with E-state index in [-0.39, 0.29) is 17.6 Å². The molecule has 4 rings (SSSR count). The van der Waals surface area contributed by atoms with Gasteiger partial charge in [-0.3, -0.25) is 14.7 Å². The molecule has 2 aromatic heterocycles. The van der Waals surface area contributed by atoms with Crippen molar-refractivity contribution in [1.82, 2.24) is 10.2 Å². The normalized spacial score (nSPS) is 10.8. The van der Waals surface area contributed by atoms with Crippen LogP contribution in [-0.2, 0) is 0 Å². The Morgan fingerprint density at radius 3 is 2.43 bits per heavy atom. The number of halogens is 1. The van der Waals surface area contributed by atoms with Crippen molar-refractivity contribution in [2.45, 2.75) is 6.92 Å². The number of anilines is 2. The molecule has 6 nitrogen and oxygen atoms in total. The van der Waals surface area contributed by atoms with Crippen molar-refractivity contribution < 1.29 is 14.0 Å². The number of carbonyl (C=O) groups is 2. The molecule has 0 atom stereocenters. The smallest absolute Gasteiger partial charge is 0.265 e. The zero-order valence-corrected chi connectivity index (χ0v) is 15.6. The Hall–Kier alpha value is -3.52. The van der Waals surface area contributed by atoms with E-state index in [0.29, 0.717) is 32.2 Å². The van der Waals surface area contributed by atoms with Crippen LogP contribution in [0, 0.1) is 12.7 Å². The molecule has 28 heavy (non-hydrogen) atoms. The second kappa shape index (κ2) is 7.24. The highest BCUT2D eigenvalue weighted by Crippen LogP contribution is 2.30. The zero-order chi connectivity index (χ0) is 19.7. The molecule has 2 aromatic carbocycles. The fourth-order valence-electron chi connectivity index (χ4n) is 2.63. The summed E-state index contributed by atoms with van der Waals surface area (Å²) in [5.41, 5.74) is 2.08. The van der Waals surface area contributed by atoms with Gasteiger partial charge in [0.2, 0.25) is 0 Å². The molecule has 0 aliphatic carbocycles. The van der Waals surface area contributed by atoms with Crippen LogP contribution in [0.1, 0.15) is 25.6 Å². The molecule has 8 heteroatoms. The van der Waals surface area contributed by atoms with Crippen molar-refractivity contribution in [2.75, 3.05) is 10.6 Å². The molecule has 0 radical (unpaired) electrons. The van der Waals surface area contributed by atoms with Crippen LogP contribution < -0.4 is 10.6 Å². The standard InChI is InChI=1S/C20H15FN4O2S/c1-11-2-4-12(5-3-11)18(26)23-17-15-10-16(28-20(15)25-24-17)19(27)22-14-8-6-13(21)7-9-14/h2-10H,1H3,(H,22,27)(H2,23,24,25,26). The minimum atomic E-state index is -0.374. The predicted molar refractivity (Wildman–Crippen MR) is 107 cm³/mol. The molecule has 0 saturated carbocycles. The number of aromatic amines is 1. The van der Waals surface area contributed by atoms with Gasteiger partial charge in [0.15, 0.2) is 0 Å². The Bertz CT molecular complexity index is 1160. The summed E-state index contributed by atoms with van der Waals surface area (Å²) in [5, 5.41) is 13.1. The van der Waals surface area contributed by atoms with E-state index in [4.69, 9.17) is 0 Å². The van der Waals surface area contributed by atoms with Gasteiger partial charge in [-0.15, -0.1) is 11.3 Å². The minimum Gasteiger partial charge on any atom is -0.321 e. The number of nitrogens with zero attached hydrogens (tertiary/aromatic N) is 1. The third kappa shape index (κ3) is 3.63. The van der Waals surface area contributed by atoms with Crippen LogP contribution in [0.5, 0.6) is 0 Å². The van der Waals surface area contributed by atoms with Crippen molar-refractivity contribution >= 4 is 44.9 Å². The highest BCUT2D eigenvalue weighted by atomic mass is 32.1. The van der Waals surface area contributed by atoms with Crippen LogP contribution in [0.25, 0.3) is 10.2 Å². The first-order valence-corrected chi connectivity index (χ1v) is 9.24. The lowest BCUT2D eigenvalue weighted by Gasteiger charge is -2.04. The zero-order valence-electron chi connectivity index (χ0n) is 14.7. The summed E-state index contributed by atoms with van der Waals surface area (Å²) in [6, 6.07) is 14.4. The van der Waals surface area contributed by atoms with E-state index in [1.54, 1.807) is 18.2 Å². The number of aryl methyl sites for hydroxylation is 1. The SMILES string of the molecule is Cc1ccc(C(=O)Nc2[nH]nc3sc(C(=O)Nc4ccc(F)cc4)cc23)cc1. The number of fused-ring (bicyclic) bond motifs is 1. The number of benzene rings is 2. The number of H-pyrrole nitrogens is 1. The third-order valence-electron chi connectivity index (χ3n) is 4.13. The Kier molecular flexibility index (Phi) is 4.62. The molecule has 0 unspecified atom stereocenters. The lowest BCUT2D eigenvalue weighted by molar-refractivity contribution is 0.102. The van der Waals surface area contributed by atoms with Crippen LogP contribution >= 0.6 is 11.3 Å². The summed E-state index contributed by atoms with van der Waals surface area (Å²) >= 11 is 1.19. The predicted octanol–water partition coefficient (Wildman–Crippen LogP) is 4.58. The quantitative estimate of drug-likeness (QED) is 0.474. The van der Waals surface area contributed by atoms with Crippen LogP contribution in [0.2, 0.25) is 0 Å². The summed E-state index contributed by atoms with van der Waals surface area (Å²) in [6.07, 6.45) is 0. The van der Waals surface area contributed by atoms with Gasteiger partial charge in [-0.1, -0.05) is 17.7 Å². The van der Waals surface area contributed by atoms with Gasteiger partial charge < -0.3 is 10.6 Å². The van der Waals surface area contributed by atoms with Crippen molar-refractivity contribution in [2.24, 2.45) is 0 Å². The largest absolute Gasteiger partial charge is 0.321 e. The van der Waals surface area contributed by atoms with Gasteiger partial charge in [-0.05, 0) is 49.4 Å². The van der Waals surface area contributed by atoms with Gasteiger partial charge in [0.25, 0.3) is 11.8 Å². The Balaban J connectivity index is 1.53. The summed E-state index contributed by atoms with van der Waals surface area (Å²) in [7, 11) is 0. The molecule has 0 aliphatic heterocycles. The van der Waals surface area contributed by atoms with Crippen molar-refractivity contribution in [3.63, 3.8) is 0 Å². The van der Waals surface area contributed by atoms with Gasteiger partial charge in [0.05, 0.1) is 10.3 Å². The molecule has 0 aliphatic rings. The van der Waals surface area contributed by atoms with Crippen molar-refractivity contribution in [3.8, 4) is 0 Å². The maximum absolute atomic E-state index is 13.0. The van der Waals surface area contributed by atoms with Crippen LogP contribution in [0.4, 0.5) is 15.9 Å². The monoisotopic (exact) mass is 394 g/mol. The lowest BCUT2D eigenvalue weighted by atomic mass is 10.1. The van der Waals surface area contributed by atoms with E-state index in [1.807, 2.05) is 19.1 Å². The Morgan fingerprint density at radius 2 is 1.71 bits per heavy atom. The second-order valence-electron chi connectivity index (χ2n) is 6.21. The fraction of sp³-hybridized carbons (Fsp3) is 0.0500. The van der Waals surface area contributed by atoms with E-state index in [1.165, 1.54) is 35.6 Å². The first-order valence-electron chi connectivity index (χ1n) is 8.42. The maximum atomic E-state index is 13.0. The van der Waals surface area contributed by atoms with E-state index in [2.05, 4.69) is 20.8 Å². The van der Waals surface area contributed by atoms with Gasteiger partial charge in [-0.2, -0.15) is 5.10 Å². The Labute approximate surface area is 163 Å². The number of hydrogen-bond donors (Lipinski definition) is 3. The molecule has 140 valence electrons. The number of amides is 2. The molecule has 3 N–H and O–H groups in total. The number of carbonyl (C=O) groups excluding carboxylic acids is 2. The highest BCUT2D eigenvalue weighted by molar-refractivity contribution is 7.20. The topological polar surface area (TPSA) is 86.9 Å². The molecule has 2 amide bonds. The summed E-state index contributed by atoms with van der Waals surface area (Å²) in [5.74, 6) is -0.543. The molecule has 2 heterocycles. The molecule has 0 spiro atoms. The first kappa shape index (κ1) is 17.9. The maximum Gasteiger partial charge on any atom is 0.265 e. The number of rotatable bonds is 4. The van der Waals surface area contributed by atoms with Crippen LogP contribution in [-0.4, -0.2) is 22.0 Å². The second-order valence-corrected chi connectivity index (χ2v) is 7.24. The third-order valence-corrected chi connectivity index (χ3v) is 5.16. The molecule has 0 bridgehead atoms. The molecule has 0 saturated heterocycles. The number of aromatic nitrogens is 2. The Morgan fingerprint density at radius 1 is 1.00 bits per heavy atom. The number of thiophene rings is 1. The van der Waals surface area contributed by atoms with Gasteiger partial charge in [-0.25, -0.2) is 4.39 Å². The van der Waals surface area contributed by atoms with E-state index in [9.17, 15) is 14.0 Å². The molecule has 4 aromatic rings. The van der Waals surface area contributed by atoms with Crippen molar-refractivity contribution in [3.05, 3.63) is 76.4 Å². The van der Waals surface area contributed by atoms with Crippen LogP contribution in [0.15, 0.2) is 54.6 Å². The lowest BCUT2D eigenvalue weighted by Crippen LogP contribution is -2.12. The number of nitrogens with one attached hydrogen (secondary N) is 3. The van der Waals surface area contributed by atoms with Gasteiger partial charge in [0, 0.05) is 11.3 Å². The van der Waals surface area contributed by atoms with Crippen LogP contribution in [0.3, 0.4) is 0 Å². The summed E-state index contributed by atoms with van der Waals surface area (Å²) < 4.78 is 13.0. The van der Waals surface area contributed by atoms with E-state index >= 15 is 0 Å². The first-order chi connectivity index (χ1) is 13.5. The molecular formula is C20H15FN4O2S. The number of hydrogen-bond acceptors (Lipinski definition) is 4.